The minimum Gasteiger partial charge on any atom is -0.479 e. The second-order valence-corrected chi connectivity index (χ2v) is 7.74. The van der Waals surface area contributed by atoms with Gasteiger partial charge in [0.1, 0.15) is 17.3 Å². The van der Waals surface area contributed by atoms with Crippen LogP contribution in [-0.4, -0.2) is 11.1 Å². The quantitative estimate of drug-likeness (QED) is 0.364. The molecule has 1 aromatic carbocycles. The van der Waals surface area contributed by atoms with Crippen LogP contribution in [0, 0.1) is 6.92 Å². The largest absolute Gasteiger partial charge is 0.479 e. The van der Waals surface area contributed by atoms with Crippen molar-refractivity contribution in [1.29, 1.82) is 0 Å². The van der Waals surface area contributed by atoms with E-state index >= 15 is 0 Å². The van der Waals surface area contributed by atoms with Gasteiger partial charge in [0.2, 0.25) is 0 Å². The monoisotopic (exact) mass is 423 g/mol. The topological polar surface area (TPSA) is 75.6 Å². The first-order valence-electron chi connectivity index (χ1n) is 9.75. The molecule has 0 aliphatic rings. The number of anilines is 1. The fourth-order valence-electron chi connectivity index (χ4n) is 2.99. The van der Waals surface area contributed by atoms with E-state index in [4.69, 9.17) is 8.83 Å². The SMILES string of the molecule is CCc1ccccc1NC(C(=O)O)c1ccc(C)o1.c1coc(Cc2cccs2)c1. The van der Waals surface area contributed by atoms with Crippen LogP contribution in [0.15, 0.2) is 81.1 Å². The molecule has 1 atom stereocenters. The molecule has 30 heavy (non-hydrogen) atoms. The number of rotatable bonds is 7. The van der Waals surface area contributed by atoms with Crippen LogP contribution in [0.1, 0.15) is 40.7 Å². The van der Waals surface area contributed by atoms with E-state index in [1.807, 2.05) is 43.3 Å². The predicted molar refractivity (Wildman–Crippen MR) is 119 cm³/mol. The van der Waals surface area contributed by atoms with E-state index in [2.05, 4.69) is 22.8 Å². The summed E-state index contributed by atoms with van der Waals surface area (Å²) in [4.78, 5) is 12.7. The highest BCUT2D eigenvalue weighted by Crippen LogP contribution is 2.24. The second-order valence-electron chi connectivity index (χ2n) is 6.71. The zero-order chi connectivity index (χ0) is 21.3. The number of para-hydroxylation sites is 1. The summed E-state index contributed by atoms with van der Waals surface area (Å²) in [5.74, 6) is 1.19. The third kappa shape index (κ3) is 5.87. The van der Waals surface area contributed by atoms with Crippen LogP contribution in [0.4, 0.5) is 5.69 Å². The van der Waals surface area contributed by atoms with Crippen LogP contribution in [0.25, 0.3) is 0 Å². The van der Waals surface area contributed by atoms with E-state index in [0.29, 0.717) is 11.5 Å². The molecule has 4 aromatic rings. The van der Waals surface area contributed by atoms with Crippen molar-refractivity contribution in [3.8, 4) is 0 Å². The molecule has 1 unspecified atom stereocenters. The van der Waals surface area contributed by atoms with Crippen LogP contribution in [-0.2, 0) is 17.6 Å². The maximum Gasteiger partial charge on any atom is 0.334 e. The van der Waals surface area contributed by atoms with Crippen LogP contribution >= 0.6 is 11.3 Å². The first-order valence-corrected chi connectivity index (χ1v) is 10.6. The fourth-order valence-corrected chi connectivity index (χ4v) is 3.70. The van der Waals surface area contributed by atoms with Gasteiger partial charge in [0.15, 0.2) is 6.04 Å². The highest BCUT2D eigenvalue weighted by molar-refractivity contribution is 7.09. The third-order valence-corrected chi connectivity index (χ3v) is 5.38. The van der Waals surface area contributed by atoms with Crippen LogP contribution in [0.5, 0.6) is 0 Å². The maximum atomic E-state index is 11.4. The van der Waals surface area contributed by atoms with Gasteiger partial charge in [-0.3, -0.25) is 0 Å². The Hall–Kier alpha value is -3.25. The van der Waals surface area contributed by atoms with Gasteiger partial charge < -0.3 is 19.3 Å². The molecule has 0 aliphatic carbocycles. The van der Waals surface area contributed by atoms with Gasteiger partial charge in [-0.05, 0) is 60.7 Å². The fraction of sp³-hybridized carbons (Fsp3) is 0.208. The van der Waals surface area contributed by atoms with Gasteiger partial charge in [-0.2, -0.15) is 0 Å². The van der Waals surface area contributed by atoms with E-state index in [9.17, 15) is 9.90 Å². The average molecular weight is 424 g/mol. The molecule has 0 fully saturated rings. The smallest absolute Gasteiger partial charge is 0.334 e. The molecule has 0 saturated heterocycles. The molecule has 0 bridgehead atoms. The molecule has 3 heterocycles. The van der Waals surface area contributed by atoms with Gasteiger partial charge in [0.05, 0.1) is 6.26 Å². The highest BCUT2D eigenvalue weighted by Gasteiger charge is 2.23. The van der Waals surface area contributed by atoms with Crippen molar-refractivity contribution in [3.63, 3.8) is 0 Å². The van der Waals surface area contributed by atoms with E-state index in [1.165, 1.54) is 4.88 Å². The van der Waals surface area contributed by atoms with Gasteiger partial charge in [0.25, 0.3) is 0 Å². The Morgan fingerprint density at radius 2 is 1.93 bits per heavy atom. The zero-order valence-electron chi connectivity index (χ0n) is 17.0. The number of aliphatic carboxylic acids is 1. The summed E-state index contributed by atoms with van der Waals surface area (Å²) in [6.45, 7) is 3.83. The van der Waals surface area contributed by atoms with Gasteiger partial charge in [-0.25, -0.2) is 4.79 Å². The molecule has 3 aromatic heterocycles. The second kappa shape index (κ2) is 10.5. The summed E-state index contributed by atoms with van der Waals surface area (Å²) in [5.41, 5.74) is 1.91. The van der Waals surface area contributed by atoms with Crippen LogP contribution in [0.2, 0.25) is 0 Å². The van der Waals surface area contributed by atoms with Crippen molar-refractivity contribution < 1.29 is 18.7 Å². The normalized spacial score (nSPS) is 11.4. The Labute approximate surface area is 180 Å². The lowest BCUT2D eigenvalue weighted by atomic mass is 10.1. The number of carboxylic acid groups (broad SMARTS) is 1. The molecule has 0 amide bonds. The Morgan fingerprint density at radius 1 is 1.10 bits per heavy atom. The van der Waals surface area contributed by atoms with Crippen molar-refractivity contribution in [3.05, 3.63) is 100 Å². The number of carbonyl (C=O) groups is 1. The average Bonchev–Trinajstić information content (AvgIpc) is 3.51. The zero-order valence-corrected chi connectivity index (χ0v) is 17.8. The lowest BCUT2D eigenvalue weighted by Gasteiger charge is -2.16. The van der Waals surface area contributed by atoms with Crippen LogP contribution in [0.3, 0.4) is 0 Å². The number of aryl methyl sites for hydroxylation is 2. The predicted octanol–water partition coefficient (Wildman–Crippen LogP) is 6.32. The molecular weight excluding hydrogens is 398 g/mol. The van der Waals surface area contributed by atoms with Crippen molar-refractivity contribution in [2.75, 3.05) is 5.32 Å². The van der Waals surface area contributed by atoms with E-state index in [1.54, 1.807) is 36.7 Å². The first kappa shape index (κ1) is 21.5. The van der Waals surface area contributed by atoms with Gasteiger partial charge >= 0.3 is 5.97 Å². The van der Waals surface area contributed by atoms with Crippen LogP contribution < -0.4 is 5.32 Å². The molecular formula is C24H25NO4S. The number of furan rings is 2. The van der Waals surface area contributed by atoms with Crippen molar-refractivity contribution >= 4 is 23.0 Å². The van der Waals surface area contributed by atoms with E-state index in [0.717, 1.165) is 29.9 Å². The highest BCUT2D eigenvalue weighted by atomic mass is 32.1. The molecule has 2 N–H and O–H groups in total. The first-order chi connectivity index (χ1) is 14.6. The summed E-state index contributed by atoms with van der Waals surface area (Å²) < 4.78 is 10.6. The van der Waals surface area contributed by atoms with Gasteiger partial charge in [-0.1, -0.05) is 31.2 Å². The number of hydrogen-bond acceptors (Lipinski definition) is 5. The van der Waals surface area contributed by atoms with Crippen molar-refractivity contribution in [2.45, 2.75) is 32.7 Å². The lowest BCUT2D eigenvalue weighted by molar-refractivity contribution is -0.138. The molecule has 0 radical (unpaired) electrons. The summed E-state index contributed by atoms with van der Waals surface area (Å²) >= 11 is 1.76. The lowest BCUT2D eigenvalue weighted by Crippen LogP contribution is -2.20. The number of thiophene rings is 1. The standard InChI is InChI=1S/C15H17NO3.C9H8OS/c1-3-11-6-4-5-7-12(11)16-14(15(17)18)13-9-8-10(2)19-13;1-3-8(10-5-1)7-9-4-2-6-11-9/h4-9,14,16H,3H2,1-2H3,(H,17,18);1-6H,7H2. The minimum atomic E-state index is -0.958. The third-order valence-electron chi connectivity index (χ3n) is 4.50. The molecule has 0 saturated carbocycles. The summed E-state index contributed by atoms with van der Waals surface area (Å²) in [6.07, 6.45) is 3.47. The Morgan fingerprint density at radius 3 is 2.53 bits per heavy atom. The maximum absolute atomic E-state index is 11.4. The van der Waals surface area contributed by atoms with E-state index in [-0.39, 0.29) is 0 Å². The molecule has 6 heteroatoms. The number of hydrogen-bond donors (Lipinski definition) is 2. The molecule has 4 rings (SSSR count). The minimum absolute atomic E-state index is 0.413. The number of nitrogens with one attached hydrogen (secondary N) is 1. The van der Waals surface area contributed by atoms with Gasteiger partial charge in [-0.15, -0.1) is 11.3 Å². The van der Waals surface area contributed by atoms with Gasteiger partial charge in [0, 0.05) is 17.0 Å². The molecule has 0 aliphatic heterocycles. The van der Waals surface area contributed by atoms with Crippen molar-refractivity contribution in [2.24, 2.45) is 0 Å². The van der Waals surface area contributed by atoms with Crippen molar-refractivity contribution in [1.82, 2.24) is 0 Å². The summed E-state index contributed by atoms with van der Waals surface area (Å²) in [7, 11) is 0. The molecule has 0 spiro atoms. The summed E-state index contributed by atoms with van der Waals surface area (Å²) in [6, 6.07) is 18.4. The number of carboxylic acids is 1. The number of benzene rings is 1. The Balaban J connectivity index is 0.000000196. The molecule has 156 valence electrons. The van der Waals surface area contributed by atoms with E-state index < -0.39 is 12.0 Å². The Kier molecular flexibility index (Phi) is 7.51. The Bertz CT molecular complexity index is 1000. The molecule has 5 nitrogen and oxygen atoms in total. The summed E-state index contributed by atoms with van der Waals surface area (Å²) in [5, 5.41) is 14.5.